The molecule has 1 aliphatic carbocycles. The molecular formula is C13H17F2N. The van der Waals surface area contributed by atoms with Crippen molar-refractivity contribution in [2.45, 2.75) is 38.0 Å². The lowest BCUT2D eigenvalue weighted by atomic mass is 9.78. The second kappa shape index (κ2) is 4.13. The van der Waals surface area contributed by atoms with Crippen LogP contribution in [0, 0.1) is 18.6 Å². The minimum absolute atomic E-state index is 0.314. The molecule has 0 unspecified atom stereocenters. The number of nitrogens with two attached hydrogens (primary N) is 1. The molecule has 16 heavy (non-hydrogen) atoms. The van der Waals surface area contributed by atoms with E-state index in [-0.39, 0.29) is 17.0 Å². The third-order valence-corrected chi connectivity index (χ3v) is 3.77. The summed E-state index contributed by atoms with van der Waals surface area (Å²) in [6.45, 7) is 1.97. The van der Waals surface area contributed by atoms with Crippen LogP contribution in [0.1, 0.15) is 36.8 Å². The smallest absolute Gasteiger partial charge is 0.127 e. The predicted molar refractivity (Wildman–Crippen MR) is 60.3 cm³/mol. The van der Waals surface area contributed by atoms with Gasteiger partial charge in [-0.1, -0.05) is 12.8 Å². The van der Waals surface area contributed by atoms with E-state index in [1.54, 1.807) is 6.92 Å². The first-order valence-electron chi connectivity index (χ1n) is 5.75. The molecule has 0 heterocycles. The molecule has 1 nitrogen and oxygen atoms in total. The van der Waals surface area contributed by atoms with Gasteiger partial charge in [-0.05, 0) is 43.0 Å². The van der Waals surface area contributed by atoms with E-state index in [1.807, 2.05) is 0 Å². The molecule has 2 rings (SSSR count). The minimum atomic E-state index is -0.337. The van der Waals surface area contributed by atoms with Crippen molar-refractivity contribution in [3.63, 3.8) is 0 Å². The summed E-state index contributed by atoms with van der Waals surface area (Å²) in [5.74, 6) is -0.651. The van der Waals surface area contributed by atoms with E-state index in [0.29, 0.717) is 17.7 Å². The van der Waals surface area contributed by atoms with Gasteiger partial charge in [0.1, 0.15) is 11.6 Å². The Labute approximate surface area is 94.7 Å². The van der Waals surface area contributed by atoms with E-state index in [1.165, 1.54) is 12.1 Å². The number of benzene rings is 1. The van der Waals surface area contributed by atoms with Gasteiger partial charge >= 0.3 is 0 Å². The van der Waals surface area contributed by atoms with E-state index in [4.69, 9.17) is 5.73 Å². The Kier molecular flexibility index (Phi) is 2.98. The normalized spacial score (nSPS) is 19.0. The Hall–Kier alpha value is -0.960. The van der Waals surface area contributed by atoms with Gasteiger partial charge in [0.05, 0.1) is 0 Å². The van der Waals surface area contributed by atoms with Gasteiger partial charge in [-0.3, -0.25) is 0 Å². The van der Waals surface area contributed by atoms with Crippen molar-refractivity contribution in [1.29, 1.82) is 0 Å². The molecule has 3 heteroatoms. The Bertz CT molecular complexity index is 395. The molecule has 0 aromatic heterocycles. The first kappa shape index (κ1) is 11.5. The quantitative estimate of drug-likeness (QED) is 0.822. The van der Waals surface area contributed by atoms with Crippen molar-refractivity contribution in [2.24, 2.45) is 5.73 Å². The maximum absolute atomic E-state index is 13.9. The van der Waals surface area contributed by atoms with Crippen LogP contribution in [-0.4, -0.2) is 6.54 Å². The van der Waals surface area contributed by atoms with Gasteiger partial charge in [0.2, 0.25) is 0 Å². The Morgan fingerprint density at radius 3 is 2.38 bits per heavy atom. The first-order valence-corrected chi connectivity index (χ1v) is 5.75. The van der Waals surface area contributed by atoms with E-state index in [0.717, 1.165) is 25.7 Å². The first-order chi connectivity index (χ1) is 7.59. The number of aryl methyl sites for hydroxylation is 1. The number of halogens is 2. The van der Waals surface area contributed by atoms with Crippen molar-refractivity contribution >= 4 is 0 Å². The standard InChI is InChI=1S/C13H17F2N/c1-9-6-12(15)10(7-11(9)14)13(8-16)4-2-3-5-13/h6-7H,2-5,8,16H2,1H3. The highest BCUT2D eigenvalue weighted by atomic mass is 19.1. The average Bonchev–Trinajstić information content (AvgIpc) is 2.73. The molecule has 2 N–H and O–H groups in total. The van der Waals surface area contributed by atoms with Crippen molar-refractivity contribution < 1.29 is 8.78 Å². The molecule has 1 aliphatic rings. The van der Waals surface area contributed by atoms with E-state index in [2.05, 4.69) is 0 Å². The van der Waals surface area contributed by atoms with Crippen molar-refractivity contribution in [3.8, 4) is 0 Å². The molecular weight excluding hydrogens is 208 g/mol. The van der Waals surface area contributed by atoms with Crippen LogP contribution in [0.5, 0.6) is 0 Å². The van der Waals surface area contributed by atoms with E-state index < -0.39 is 0 Å². The van der Waals surface area contributed by atoms with Crippen LogP contribution >= 0.6 is 0 Å². The number of rotatable bonds is 2. The van der Waals surface area contributed by atoms with Crippen molar-refractivity contribution in [3.05, 3.63) is 34.9 Å². The molecule has 1 saturated carbocycles. The van der Waals surface area contributed by atoms with Crippen LogP contribution in [0.15, 0.2) is 12.1 Å². The molecule has 0 radical (unpaired) electrons. The van der Waals surface area contributed by atoms with Crippen LogP contribution in [0.25, 0.3) is 0 Å². The lowest BCUT2D eigenvalue weighted by Gasteiger charge is -2.28. The number of hydrogen-bond donors (Lipinski definition) is 1. The zero-order valence-corrected chi connectivity index (χ0v) is 9.52. The van der Waals surface area contributed by atoms with Gasteiger partial charge < -0.3 is 5.73 Å². The summed E-state index contributed by atoms with van der Waals surface area (Å²) in [6, 6.07) is 2.61. The molecule has 0 amide bonds. The maximum atomic E-state index is 13.9. The molecule has 0 spiro atoms. The highest BCUT2D eigenvalue weighted by Crippen LogP contribution is 2.41. The molecule has 0 atom stereocenters. The zero-order chi connectivity index (χ0) is 11.8. The Balaban J connectivity index is 2.50. The van der Waals surface area contributed by atoms with Crippen molar-refractivity contribution in [1.82, 2.24) is 0 Å². The fourth-order valence-corrected chi connectivity index (χ4v) is 2.69. The second-order valence-corrected chi connectivity index (χ2v) is 4.77. The van der Waals surface area contributed by atoms with Gasteiger partial charge in [0.25, 0.3) is 0 Å². The minimum Gasteiger partial charge on any atom is -0.330 e. The fraction of sp³-hybridized carbons (Fsp3) is 0.538. The van der Waals surface area contributed by atoms with Crippen molar-refractivity contribution in [2.75, 3.05) is 6.54 Å². The molecule has 0 saturated heterocycles. The van der Waals surface area contributed by atoms with Crippen LogP contribution < -0.4 is 5.73 Å². The van der Waals surface area contributed by atoms with Crippen LogP contribution in [0.3, 0.4) is 0 Å². The highest BCUT2D eigenvalue weighted by Gasteiger charge is 2.36. The summed E-state index contributed by atoms with van der Waals surface area (Å²) >= 11 is 0. The summed E-state index contributed by atoms with van der Waals surface area (Å²) in [5.41, 5.74) is 6.26. The van der Waals surface area contributed by atoms with Crippen LogP contribution in [0.4, 0.5) is 8.78 Å². The van der Waals surface area contributed by atoms with Gasteiger partial charge in [-0.2, -0.15) is 0 Å². The maximum Gasteiger partial charge on any atom is 0.127 e. The second-order valence-electron chi connectivity index (χ2n) is 4.77. The van der Waals surface area contributed by atoms with Gasteiger partial charge in [0, 0.05) is 12.0 Å². The molecule has 88 valence electrons. The SMILES string of the molecule is Cc1cc(F)c(C2(CN)CCCC2)cc1F. The Morgan fingerprint density at radius 2 is 1.81 bits per heavy atom. The fourth-order valence-electron chi connectivity index (χ4n) is 2.69. The van der Waals surface area contributed by atoms with Gasteiger partial charge in [0.15, 0.2) is 0 Å². The monoisotopic (exact) mass is 225 g/mol. The van der Waals surface area contributed by atoms with Crippen LogP contribution in [-0.2, 0) is 5.41 Å². The summed E-state index contributed by atoms with van der Waals surface area (Å²) in [5, 5.41) is 0. The molecule has 1 fully saturated rings. The predicted octanol–water partition coefficient (Wildman–Crippen LogP) is 3.04. The molecule has 0 aliphatic heterocycles. The third kappa shape index (κ3) is 1.73. The van der Waals surface area contributed by atoms with E-state index in [9.17, 15) is 8.78 Å². The largest absolute Gasteiger partial charge is 0.330 e. The molecule has 1 aromatic rings. The summed E-state index contributed by atoms with van der Waals surface area (Å²) in [4.78, 5) is 0. The molecule has 1 aromatic carbocycles. The van der Waals surface area contributed by atoms with Gasteiger partial charge in [-0.15, -0.1) is 0 Å². The van der Waals surface area contributed by atoms with E-state index >= 15 is 0 Å². The van der Waals surface area contributed by atoms with Crippen LogP contribution in [0.2, 0.25) is 0 Å². The lowest BCUT2D eigenvalue weighted by Crippen LogP contribution is -2.33. The summed E-state index contributed by atoms with van der Waals surface area (Å²) in [7, 11) is 0. The molecule has 0 bridgehead atoms. The third-order valence-electron chi connectivity index (χ3n) is 3.77. The Morgan fingerprint density at radius 1 is 1.19 bits per heavy atom. The summed E-state index contributed by atoms with van der Waals surface area (Å²) in [6.07, 6.45) is 3.82. The summed E-state index contributed by atoms with van der Waals surface area (Å²) < 4.78 is 27.4. The highest BCUT2D eigenvalue weighted by molar-refractivity contribution is 5.33. The average molecular weight is 225 g/mol. The zero-order valence-electron chi connectivity index (χ0n) is 9.52. The topological polar surface area (TPSA) is 26.0 Å². The lowest BCUT2D eigenvalue weighted by molar-refractivity contribution is 0.422. The van der Waals surface area contributed by atoms with Gasteiger partial charge in [-0.25, -0.2) is 8.78 Å². The number of hydrogen-bond acceptors (Lipinski definition) is 1.